The Morgan fingerprint density at radius 2 is 2.07 bits per heavy atom. The van der Waals surface area contributed by atoms with Gasteiger partial charge in [-0.1, -0.05) is 18.2 Å². The fraction of sp³-hybridized carbons (Fsp3) is 0.200. The number of urea groups is 1. The third-order valence-electron chi connectivity index (χ3n) is 3.79. The number of hydrogen-bond donors (Lipinski definition) is 1. The van der Waals surface area contributed by atoms with Crippen molar-refractivity contribution in [3.63, 3.8) is 0 Å². The largest absolute Gasteiger partial charge is 0.489 e. The van der Waals surface area contributed by atoms with Crippen LogP contribution in [0.25, 0.3) is 0 Å². The summed E-state index contributed by atoms with van der Waals surface area (Å²) in [5, 5.41) is 3.85. The van der Waals surface area contributed by atoms with Crippen LogP contribution in [0.4, 0.5) is 14.9 Å². The SMILES string of the molecule is Cc1ncc(CN(C)C(=O)Nc2cccc(COc3cccc(F)c3)c2)s1. The van der Waals surface area contributed by atoms with Crippen molar-refractivity contribution < 1.29 is 13.9 Å². The second kappa shape index (κ2) is 8.64. The molecule has 0 aliphatic rings. The number of thiazole rings is 1. The van der Waals surface area contributed by atoms with Crippen molar-refractivity contribution >= 4 is 23.1 Å². The van der Waals surface area contributed by atoms with E-state index in [9.17, 15) is 9.18 Å². The van der Waals surface area contributed by atoms with Crippen molar-refractivity contribution in [2.75, 3.05) is 12.4 Å². The van der Waals surface area contributed by atoms with Crippen LogP contribution in [-0.2, 0) is 13.2 Å². The number of rotatable bonds is 6. The number of halogens is 1. The number of aryl methyl sites for hydroxylation is 1. The Kier molecular flexibility index (Phi) is 6.03. The summed E-state index contributed by atoms with van der Waals surface area (Å²) in [6, 6.07) is 13.2. The maximum Gasteiger partial charge on any atom is 0.321 e. The molecule has 0 atom stereocenters. The van der Waals surface area contributed by atoms with E-state index >= 15 is 0 Å². The number of nitrogens with zero attached hydrogens (tertiary/aromatic N) is 2. The number of amides is 2. The Hall–Kier alpha value is -2.93. The first-order valence-corrected chi connectivity index (χ1v) is 9.22. The summed E-state index contributed by atoms with van der Waals surface area (Å²) in [7, 11) is 1.74. The summed E-state index contributed by atoms with van der Waals surface area (Å²) in [5.74, 6) is 0.122. The quantitative estimate of drug-likeness (QED) is 0.661. The minimum absolute atomic E-state index is 0.204. The summed E-state index contributed by atoms with van der Waals surface area (Å²) in [5.41, 5.74) is 1.55. The van der Waals surface area contributed by atoms with Gasteiger partial charge in [0, 0.05) is 29.9 Å². The predicted octanol–water partition coefficient (Wildman–Crippen LogP) is 4.83. The number of carbonyl (C=O) groups is 1. The number of nitrogens with one attached hydrogen (secondary N) is 1. The lowest BCUT2D eigenvalue weighted by molar-refractivity contribution is 0.221. The van der Waals surface area contributed by atoms with Gasteiger partial charge >= 0.3 is 6.03 Å². The average Bonchev–Trinajstić information content (AvgIpc) is 3.05. The molecule has 0 saturated heterocycles. The molecule has 7 heteroatoms. The summed E-state index contributed by atoms with van der Waals surface area (Å²) < 4.78 is 18.8. The zero-order valence-electron chi connectivity index (χ0n) is 15.1. The molecule has 2 amide bonds. The smallest absolute Gasteiger partial charge is 0.321 e. The molecular weight excluding hydrogens is 365 g/mol. The van der Waals surface area contributed by atoms with E-state index < -0.39 is 0 Å². The second-order valence-corrected chi connectivity index (χ2v) is 7.40. The van der Waals surface area contributed by atoms with E-state index in [0.29, 0.717) is 18.0 Å². The van der Waals surface area contributed by atoms with E-state index in [1.807, 2.05) is 31.2 Å². The lowest BCUT2D eigenvalue weighted by Gasteiger charge is -2.17. The molecule has 0 fully saturated rings. The van der Waals surface area contributed by atoms with Crippen LogP contribution < -0.4 is 10.1 Å². The topological polar surface area (TPSA) is 54.5 Å². The zero-order valence-corrected chi connectivity index (χ0v) is 15.9. The monoisotopic (exact) mass is 385 g/mol. The van der Waals surface area contributed by atoms with Crippen molar-refractivity contribution in [1.82, 2.24) is 9.88 Å². The molecule has 0 saturated carbocycles. The van der Waals surface area contributed by atoms with E-state index in [1.165, 1.54) is 12.1 Å². The fourth-order valence-corrected chi connectivity index (χ4v) is 3.31. The van der Waals surface area contributed by atoms with Gasteiger partial charge in [-0.05, 0) is 36.8 Å². The molecule has 27 heavy (non-hydrogen) atoms. The molecule has 0 radical (unpaired) electrons. The van der Waals surface area contributed by atoms with Crippen molar-refractivity contribution in [2.45, 2.75) is 20.1 Å². The van der Waals surface area contributed by atoms with Crippen LogP contribution >= 0.6 is 11.3 Å². The molecular formula is C20H20FN3O2S. The molecule has 0 unspecified atom stereocenters. The number of aromatic nitrogens is 1. The van der Waals surface area contributed by atoms with Gasteiger partial charge in [-0.15, -0.1) is 11.3 Å². The Bertz CT molecular complexity index is 929. The number of ether oxygens (including phenoxy) is 1. The third-order valence-corrected chi connectivity index (χ3v) is 4.69. The van der Waals surface area contributed by atoms with E-state index in [2.05, 4.69) is 10.3 Å². The first-order valence-electron chi connectivity index (χ1n) is 8.40. The highest BCUT2D eigenvalue weighted by molar-refractivity contribution is 7.11. The van der Waals surface area contributed by atoms with Gasteiger partial charge in [-0.2, -0.15) is 0 Å². The Balaban J connectivity index is 1.57. The van der Waals surface area contributed by atoms with E-state index in [-0.39, 0.29) is 18.5 Å². The molecule has 0 aliphatic heterocycles. The average molecular weight is 385 g/mol. The fourth-order valence-electron chi connectivity index (χ4n) is 2.47. The summed E-state index contributed by atoms with van der Waals surface area (Å²) in [6.07, 6.45) is 1.79. The van der Waals surface area contributed by atoms with Gasteiger partial charge in [-0.25, -0.2) is 14.2 Å². The van der Waals surface area contributed by atoms with Gasteiger partial charge in [0.1, 0.15) is 18.2 Å². The standard InChI is InChI=1S/C20H20FN3O2S/c1-14-22-11-19(27-14)12-24(2)20(25)23-17-7-3-5-15(9-17)13-26-18-8-4-6-16(21)10-18/h3-11H,12-13H2,1-2H3,(H,23,25). The molecule has 0 aliphatic carbocycles. The van der Waals surface area contributed by atoms with Gasteiger partial charge in [0.2, 0.25) is 0 Å². The van der Waals surface area contributed by atoms with E-state index in [4.69, 9.17) is 4.74 Å². The molecule has 1 N–H and O–H groups in total. The van der Waals surface area contributed by atoms with Crippen molar-refractivity contribution in [1.29, 1.82) is 0 Å². The number of carbonyl (C=O) groups excluding carboxylic acids is 1. The second-order valence-electron chi connectivity index (χ2n) is 6.08. The first kappa shape index (κ1) is 18.8. The third kappa shape index (κ3) is 5.52. The molecule has 2 aromatic carbocycles. The number of hydrogen-bond acceptors (Lipinski definition) is 4. The van der Waals surface area contributed by atoms with Crippen molar-refractivity contribution in [2.24, 2.45) is 0 Å². The highest BCUT2D eigenvalue weighted by Crippen LogP contribution is 2.17. The normalized spacial score (nSPS) is 10.5. The molecule has 0 bridgehead atoms. The summed E-state index contributed by atoms with van der Waals surface area (Å²) in [4.78, 5) is 19.2. The highest BCUT2D eigenvalue weighted by atomic mass is 32.1. The Morgan fingerprint density at radius 3 is 2.81 bits per heavy atom. The van der Waals surface area contributed by atoms with Gasteiger partial charge < -0.3 is 15.0 Å². The Labute approximate surface area is 161 Å². The molecule has 5 nitrogen and oxygen atoms in total. The van der Waals surface area contributed by atoms with Crippen LogP contribution in [0.3, 0.4) is 0 Å². The van der Waals surface area contributed by atoms with Crippen LogP contribution in [-0.4, -0.2) is 23.0 Å². The predicted molar refractivity (Wildman–Crippen MR) is 105 cm³/mol. The maximum atomic E-state index is 13.2. The van der Waals surface area contributed by atoms with Crippen LogP contribution in [0, 0.1) is 12.7 Å². The molecule has 3 aromatic rings. The summed E-state index contributed by atoms with van der Waals surface area (Å²) in [6.45, 7) is 2.72. The lowest BCUT2D eigenvalue weighted by atomic mass is 10.2. The first-order chi connectivity index (χ1) is 13.0. The van der Waals surface area contributed by atoms with Gasteiger partial charge in [0.15, 0.2) is 0 Å². The molecule has 140 valence electrons. The number of benzene rings is 2. The van der Waals surface area contributed by atoms with Crippen LogP contribution in [0.2, 0.25) is 0 Å². The van der Waals surface area contributed by atoms with Gasteiger partial charge in [-0.3, -0.25) is 0 Å². The molecule has 3 rings (SSSR count). The van der Waals surface area contributed by atoms with E-state index in [0.717, 1.165) is 15.4 Å². The molecule has 0 spiro atoms. The number of anilines is 1. The molecule has 1 aromatic heterocycles. The summed E-state index contributed by atoms with van der Waals surface area (Å²) >= 11 is 1.57. The van der Waals surface area contributed by atoms with Gasteiger partial charge in [0.25, 0.3) is 0 Å². The highest BCUT2D eigenvalue weighted by Gasteiger charge is 2.11. The van der Waals surface area contributed by atoms with Gasteiger partial charge in [0.05, 0.1) is 11.6 Å². The van der Waals surface area contributed by atoms with Crippen LogP contribution in [0.5, 0.6) is 5.75 Å². The minimum atomic E-state index is -0.340. The minimum Gasteiger partial charge on any atom is -0.489 e. The van der Waals surface area contributed by atoms with Crippen molar-refractivity contribution in [3.05, 3.63) is 76.0 Å². The van der Waals surface area contributed by atoms with E-state index in [1.54, 1.807) is 41.6 Å². The van der Waals surface area contributed by atoms with Crippen LogP contribution in [0.15, 0.2) is 54.7 Å². The van der Waals surface area contributed by atoms with Crippen LogP contribution in [0.1, 0.15) is 15.4 Å². The zero-order chi connectivity index (χ0) is 19.2. The maximum absolute atomic E-state index is 13.2. The lowest BCUT2D eigenvalue weighted by Crippen LogP contribution is -2.30. The molecule has 1 heterocycles. The van der Waals surface area contributed by atoms with Crippen molar-refractivity contribution in [3.8, 4) is 5.75 Å². The Morgan fingerprint density at radius 1 is 1.26 bits per heavy atom.